The fourth-order valence-electron chi connectivity index (χ4n) is 2.49. The van der Waals surface area contributed by atoms with Gasteiger partial charge in [-0.2, -0.15) is 0 Å². The molecule has 0 aromatic rings. The average molecular weight is 317 g/mol. The van der Waals surface area contributed by atoms with Crippen molar-refractivity contribution in [3.05, 3.63) is 0 Å². The minimum absolute atomic E-state index is 0.00532. The molecule has 0 aliphatic carbocycles. The van der Waals surface area contributed by atoms with E-state index in [9.17, 15) is 9.90 Å². The molecule has 2 saturated heterocycles. The van der Waals surface area contributed by atoms with E-state index < -0.39 is 5.60 Å². The van der Waals surface area contributed by atoms with Crippen LogP contribution in [0.1, 0.15) is 12.8 Å². The molecular formula is C14H27N3O5. The Morgan fingerprint density at radius 3 is 2.36 bits per heavy atom. The fourth-order valence-corrected chi connectivity index (χ4v) is 2.49. The number of morpholine rings is 1. The van der Waals surface area contributed by atoms with Crippen LogP contribution in [0.15, 0.2) is 0 Å². The highest BCUT2D eigenvalue weighted by Gasteiger charge is 2.31. The SMILES string of the molecule is CN1CCC(O)(CNC(=O)CN2CCOCC2)CC1.O=CO. The summed E-state index contributed by atoms with van der Waals surface area (Å²) >= 11 is 0. The second-order valence-electron chi connectivity index (χ2n) is 5.80. The maximum absolute atomic E-state index is 11.8. The molecule has 2 fully saturated rings. The first kappa shape index (κ1) is 18.8. The number of aliphatic hydroxyl groups is 1. The summed E-state index contributed by atoms with van der Waals surface area (Å²) in [5.74, 6) is -0.00532. The first-order chi connectivity index (χ1) is 10.5. The normalized spacial score (nSPS) is 22.3. The van der Waals surface area contributed by atoms with Gasteiger partial charge in [0.15, 0.2) is 0 Å². The first-order valence-corrected chi connectivity index (χ1v) is 7.55. The van der Waals surface area contributed by atoms with Crippen molar-refractivity contribution < 1.29 is 24.5 Å². The fraction of sp³-hybridized carbons (Fsp3) is 0.857. The maximum atomic E-state index is 11.8. The molecule has 0 bridgehead atoms. The molecule has 0 saturated carbocycles. The topological polar surface area (TPSA) is 102 Å². The number of nitrogens with one attached hydrogen (secondary N) is 1. The third-order valence-corrected chi connectivity index (χ3v) is 4.00. The second-order valence-corrected chi connectivity index (χ2v) is 5.80. The molecule has 0 aromatic heterocycles. The Bertz CT molecular complexity index is 339. The van der Waals surface area contributed by atoms with Crippen LogP contribution < -0.4 is 5.32 Å². The minimum Gasteiger partial charge on any atom is -0.483 e. The number of amides is 1. The molecule has 2 aliphatic rings. The van der Waals surface area contributed by atoms with Crippen LogP contribution in [0.3, 0.4) is 0 Å². The largest absolute Gasteiger partial charge is 0.483 e. The summed E-state index contributed by atoms with van der Waals surface area (Å²) in [5, 5.41) is 20.1. The van der Waals surface area contributed by atoms with Gasteiger partial charge in [-0.3, -0.25) is 14.5 Å². The molecule has 8 nitrogen and oxygen atoms in total. The van der Waals surface area contributed by atoms with Crippen molar-refractivity contribution in [3.8, 4) is 0 Å². The summed E-state index contributed by atoms with van der Waals surface area (Å²) < 4.78 is 5.24. The molecule has 0 aromatic carbocycles. The molecule has 2 aliphatic heterocycles. The maximum Gasteiger partial charge on any atom is 0.290 e. The molecule has 0 radical (unpaired) electrons. The molecule has 3 N–H and O–H groups in total. The van der Waals surface area contributed by atoms with Crippen LogP contribution in [0.5, 0.6) is 0 Å². The molecular weight excluding hydrogens is 290 g/mol. The van der Waals surface area contributed by atoms with E-state index in [-0.39, 0.29) is 12.4 Å². The number of likely N-dealkylation sites (tertiary alicyclic amines) is 1. The number of hydrogen-bond acceptors (Lipinski definition) is 6. The lowest BCUT2D eigenvalue weighted by Crippen LogP contribution is -2.51. The van der Waals surface area contributed by atoms with Gasteiger partial charge in [0.05, 0.1) is 25.4 Å². The third kappa shape index (κ3) is 7.17. The van der Waals surface area contributed by atoms with Crippen molar-refractivity contribution in [3.63, 3.8) is 0 Å². The summed E-state index contributed by atoms with van der Waals surface area (Å²) in [7, 11) is 2.05. The van der Waals surface area contributed by atoms with Crippen LogP contribution in [-0.2, 0) is 14.3 Å². The van der Waals surface area contributed by atoms with E-state index in [1.54, 1.807) is 0 Å². The molecule has 2 heterocycles. The Morgan fingerprint density at radius 2 is 1.82 bits per heavy atom. The Labute approximate surface area is 131 Å². The smallest absolute Gasteiger partial charge is 0.290 e. The van der Waals surface area contributed by atoms with Crippen molar-refractivity contribution in [1.82, 2.24) is 15.1 Å². The summed E-state index contributed by atoms with van der Waals surface area (Å²) in [5.41, 5.74) is -0.729. The van der Waals surface area contributed by atoms with Crippen molar-refractivity contribution in [1.29, 1.82) is 0 Å². The van der Waals surface area contributed by atoms with Gasteiger partial charge in [-0.05, 0) is 19.9 Å². The van der Waals surface area contributed by atoms with E-state index in [2.05, 4.69) is 22.2 Å². The average Bonchev–Trinajstić information content (AvgIpc) is 2.51. The van der Waals surface area contributed by atoms with Crippen LogP contribution >= 0.6 is 0 Å². The summed E-state index contributed by atoms with van der Waals surface area (Å²) in [6, 6.07) is 0. The van der Waals surface area contributed by atoms with E-state index in [1.165, 1.54) is 0 Å². The Kier molecular flexibility index (Phi) is 8.32. The van der Waals surface area contributed by atoms with E-state index in [0.717, 1.165) is 39.0 Å². The van der Waals surface area contributed by atoms with Gasteiger partial charge < -0.3 is 25.2 Å². The number of piperidine rings is 1. The molecule has 2 rings (SSSR count). The third-order valence-electron chi connectivity index (χ3n) is 4.00. The number of carbonyl (C=O) groups is 2. The van der Waals surface area contributed by atoms with Crippen molar-refractivity contribution in [2.75, 3.05) is 59.5 Å². The summed E-state index contributed by atoms with van der Waals surface area (Å²) in [6.07, 6.45) is 1.45. The number of hydrogen-bond donors (Lipinski definition) is 3. The molecule has 128 valence electrons. The van der Waals surface area contributed by atoms with E-state index in [1.807, 2.05) is 0 Å². The lowest BCUT2D eigenvalue weighted by molar-refractivity contribution is -0.125. The van der Waals surface area contributed by atoms with Crippen LogP contribution in [0.2, 0.25) is 0 Å². The van der Waals surface area contributed by atoms with Gasteiger partial charge in [0.1, 0.15) is 0 Å². The number of rotatable bonds is 4. The number of ether oxygens (including phenoxy) is 1. The van der Waals surface area contributed by atoms with Crippen molar-refractivity contribution in [2.24, 2.45) is 0 Å². The van der Waals surface area contributed by atoms with Crippen LogP contribution in [0, 0.1) is 0 Å². The molecule has 0 atom stereocenters. The first-order valence-electron chi connectivity index (χ1n) is 7.55. The molecule has 0 spiro atoms. The predicted molar refractivity (Wildman–Crippen MR) is 80.6 cm³/mol. The van der Waals surface area contributed by atoms with Gasteiger partial charge >= 0.3 is 0 Å². The standard InChI is InChI=1S/C13H25N3O3.CH2O2/c1-15-4-2-13(18,3-5-15)11-14-12(17)10-16-6-8-19-9-7-16;2-1-3/h18H,2-11H2,1H3,(H,14,17);1H,(H,2,3). The van der Waals surface area contributed by atoms with Gasteiger partial charge in [0.2, 0.25) is 5.91 Å². The number of carbonyl (C=O) groups excluding carboxylic acids is 1. The van der Waals surface area contributed by atoms with Crippen LogP contribution in [0.4, 0.5) is 0 Å². The monoisotopic (exact) mass is 317 g/mol. The molecule has 1 amide bonds. The van der Waals surface area contributed by atoms with Crippen molar-refractivity contribution in [2.45, 2.75) is 18.4 Å². The van der Waals surface area contributed by atoms with E-state index in [4.69, 9.17) is 14.6 Å². The van der Waals surface area contributed by atoms with Crippen LogP contribution in [-0.4, -0.2) is 97.5 Å². The molecule has 0 unspecified atom stereocenters. The number of carboxylic acid groups (broad SMARTS) is 1. The zero-order chi connectivity index (χ0) is 16.4. The lowest BCUT2D eigenvalue weighted by atomic mass is 9.91. The summed E-state index contributed by atoms with van der Waals surface area (Å²) in [6.45, 7) is 5.30. The van der Waals surface area contributed by atoms with Gasteiger partial charge in [-0.25, -0.2) is 0 Å². The highest BCUT2D eigenvalue weighted by Crippen LogP contribution is 2.20. The van der Waals surface area contributed by atoms with Crippen LogP contribution in [0.25, 0.3) is 0 Å². The van der Waals surface area contributed by atoms with Gasteiger partial charge in [-0.1, -0.05) is 0 Å². The second kappa shape index (κ2) is 9.73. The van der Waals surface area contributed by atoms with E-state index >= 15 is 0 Å². The lowest BCUT2D eigenvalue weighted by Gasteiger charge is -2.36. The predicted octanol–water partition coefficient (Wildman–Crippen LogP) is -1.41. The van der Waals surface area contributed by atoms with E-state index in [0.29, 0.717) is 26.3 Å². The minimum atomic E-state index is -0.729. The zero-order valence-electron chi connectivity index (χ0n) is 13.2. The molecule has 22 heavy (non-hydrogen) atoms. The van der Waals surface area contributed by atoms with Gasteiger partial charge in [0.25, 0.3) is 6.47 Å². The Morgan fingerprint density at radius 1 is 1.27 bits per heavy atom. The highest BCUT2D eigenvalue weighted by molar-refractivity contribution is 5.78. The highest BCUT2D eigenvalue weighted by atomic mass is 16.5. The summed E-state index contributed by atoms with van der Waals surface area (Å²) in [4.78, 5) is 24.5. The molecule has 8 heteroatoms. The van der Waals surface area contributed by atoms with Gasteiger partial charge in [0, 0.05) is 32.7 Å². The number of nitrogens with zero attached hydrogens (tertiary/aromatic N) is 2. The Hall–Kier alpha value is -1.22. The quantitative estimate of drug-likeness (QED) is 0.548. The zero-order valence-corrected chi connectivity index (χ0v) is 13.2. The Balaban J connectivity index is 0.000000745. The van der Waals surface area contributed by atoms with Crippen molar-refractivity contribution >= 4 is 12.4 Å². The van der Waals surface area contributed by atoms with Gasteiger partial charge in [-0.15, -0.1) is 0 Å².